The Labute approximate surface area is 108 Å². The third-order valence-corrected chi connectivity index (χ3v) is 4.46. The fraction of sp³-hybridized carbons (Fsp3) is 0.417. The second-order valence-electron chi connectivity index (χ2n) is 3.87. The molecule has 0 saturated heterocycles. The Hall–Kier alpha value is -0.940. The molecule has 0 bridgehead atoms. The van der Waals surface area contributed by atoms with Crippen molar-refractivity contribution in [3.8, 4) is 0 Å². The number of benzene rings is 1. The van der Waals surface area contributed by atoms with Crippen molar-refractivity contribution in [2.45, 2.75) is 31.1 Å². The Morgan fingerprint density at radius 2 is 2.12 bits per heavy atom. The zero-order chi connectivity index (χ0) is 12.9. The highest BCUT2D eigenvalue weighted by molar-refractivity contribution is 7.91. The molecule has 0 amide bonds. The number of nitrogens with two attached hydrogens (primary N) is 1. The molecular weight excluding hydrogens is 254 g/mol. The van der Waals surface area contributed by atoms with Gasteiger partial charge in [0, 0.05) is 0 Å². The highest BCUT2D eigenvalue weighted by atomic mass is 32.2. The van der Waals surface area contributed by atoms with Crippen LogP contribution in [-0.2, 0) is 16.3 Å². The maximum atomic E-state index is 11.7. The molecule has 94 valence electrons. The molecule has 0 aliphatic heterocycles. The minimum Gasteiger partial charge on any atom is -0.393 e. The van der Waals surface area contributed by atoms with Crippen LogP contribution in [0, 0.1) is 0 Å². The summed E-state index contributed by atoms with van der Waals surface area (Å²) in [5, 5.41) is 0. The molecule has 0 aliphatic carbocycles. The van der Waals surface area contributed by atoms with Crippen LogP contribution >= 0.6 is 12.2 Å². The SMILES string of the molecule is CCS(=O)(=O)c1cccc(CCCC(N)=S)c1. The zero-order valence-electron chi connectivity index (χ0n) is 9.85. The quantitative estimate of drug-likeness (QED) is 0.805. The van der Waals surface area contributed by atoms with Gasteiger partial charge in [0.15, 0.2) is 9.84 Å². The van der Waals surface area contributed by atoms with Crippen LogP contribution in [0.15, 0.2) is 29.2 Å². The summed E-state index contributed by atoms with van der Waals surface area (Å²) in [7, 11) is -3.11. The Morgan fingerprint density at radius 1 is 1.41 bits per heavy atom. The van der Waals surface area contributed by atoms with E-state index in [-0.39, 0.29) is 5.75 Å². The van der Waals surface area contributed by atoms with E-state index in [2.05, 4.69) is 0 Å². The first-order valence-corrected chi connectivity index (χ1v) is 7.62. The first-order valence-electron chi connectivity index (χ1n) is 5.55. The molecule has 0 atom stereocenters. The largest absolute Gasteiger partial charge is 0.393 e. The highest BCUT2D eigenvalue weighted by Crippen LogP contribution is 2.14. The van der Waals surface area contributed by atoms with Gasteiger partial charge in [0.25, 0.3) is 0 Å². The summed E-state index contributed by atoms with van der Waals surface area (Å²) < 4.78 is 23.4. The van der Waals surface area contributed by atoms with Gasteiger partial charge in [-0.15, -0.1) is 0 Å². The van der Waals surface area contributed by atoms with E-state index in [1.54, 1.807) is 25.1 Å². The van der Waals surface area contributed by atoms with E-state index >= 15 is 0 Å². The lowest BCUT2D eigenvalue weighted by molar-refractivity contribution is 0.597. The van der Waals surface area contributed by atoms with Crippen molar-refractivity contribution in [1.29, 1.82) is 0 Å². The van der Waals surface area contributed by atoms with Crippen molar-refractivity contribution in [3.05, 3.63) is 29.8 Å². The fourth-order valence-corrected chi connectivity index (χ4v) is 2.62. The number of hydrogen-bond acceptors (Lipinski definition) is 3. The molecular formula is C12H17NO2S2. The standard InChI is InChI=1S/C12H17NO2S2/c1-2-17(14,15)11-7-3-5-10(9-11)6-4-8-12(13)16/h3,5,7,9H,2,4,6,8H2,1H3,(H2,13,16). The van der Waals surface area contributed by atoms with E-state index in [1.807, 2.05) is 6.07 Å². The molecule has 3 nitrogen and oxygen atoms in total. The summed E-state index contributed by atoms with van der Waals surface area (Å²) >= 11 is 4.80. The maximum absolute atomic E-state index is 11.7. The molecule has 2 N–H and O–H groups in total. The van der Waals surface area contributed by atoms with Crippen molar-refractivity contribution >= 4 is 27.0 Å². The van der Waals surface area contributed by atoms with Crippen molar-refractivity contribution in [2.75, 3.05) is 5.75 Å². The molecule has 0 aliphatic rings. The number of rotatable bonds is 6. The third kappa shape index (κ3) is 4.44. The van der Waals surface area contributed by atoms with Gasteiger partial charge in [-0.05, 0) is 37.0 Å². The maximum Gasteiger partial charge on any atom is 0.178 e. The first-order chi connectivity index (χ1) is 7.95. The van der Waals surface area contributed by atoms with E-state index in [9.17, 15) is 8.42 Å². The summed E-state index contributed by atoms with van der Waals surface area (Å²) in [6, 6.07) is 7.07. The topological polar surface area (TPSA) is 60.2 Å². The summed E-state index contributed by atoms with van der Waals surface area (Å²) in [5.41, 5.74) is 6.42. The van der Waals surface area contributed by atoms with Crippen LogP contribution in [0.25, 0.3) is 0 Å². The molecule has 1 aromatic carbocycles. The van der Waals surface area contributed by atoms with Gasteiger partial charge in [0.2, 0.25) is 0 Å². The average molecular weight is 271 g/mol. The van der Waals surface area contributed by atoms with Crippen molar-refractivity contribution in [3.63, 3.8) is 0 Å². The van der Waals surface area contributed by atoms with Gasteiger partial charge in [-0.1, -0.05) is 31.3 Å². The van der Waals surface area contributed by atoms with Crippen LogP contribution in [0.3, 0.4) is 0 Å². The predicted molar refractivity (Wildman–Crippen MR) is 73.9 cm³/mol. The number of thiocarbonyl (C=S) groups is 1. The minimum absolute atomic E-state index is 0.128. The van der Waals surface area contributed by atoms with Gasteiger partial charge in [0.1, 0.15) is 0 Å². The van der Waals surface area contributed by atoms with Crippen molar-refractivity contribution < 1.29 is 8.42 Å². The molecule has 0 radical (unpaired) electrons. The minimum atomic E-state index is -3.11. The second kappa shape index (κ2) is 6.12. The summed E-state index contributed by atoms with van der Waals surface area (Å²) in [4.78, 5) is 0.898. The number of sulfone groups is 1. The molecule has 17 heavy (non-hydrogen) atoms. The van der Waals surface area contributed by atoms with Crippen LogP contribution in [0.4, 0.5) is 0 Å². The molecule has 0 saturated carbocycles. The number of hydrogen-bond donors (Lipinski definition) is 1. The van der Waals surface area contributed by atoms with Gasteiger partial charge in [-0.2, -0.15) is 0 Å². The van der Waals surface area contributed by atoms with Crippen molar-refractivity contribution in [1.82, 2.24) is 0 Å². The van der Waals surface area contributed by atoms with E-state index in [0.717, 1.165) is 18.4 Å². The Morgan fingerprint density at radius 3 is 2.71 bits per heavy atom. The monoisotopic (exact) mass is 271 g/mol. The first kappa shape index (κ1) is 14.1. The van der Waals surface area contributed by atoms with Gasteiger partial charge >= 0.3 is 0 Å². The lowest BCUT2D eigenvalue weighted by Crippen LogP contribution is -2.07. The zero-order valence-corrected chi connectivity index (χ0v) is 11.5. The van der Waals surface area contributed by atoms with Crippen LogP contribution in [0.5, 0.6) is 0 Å². The smallest absolute Gasteiger partial charge is 0.178 e. The Kier molecular flexibility index (Phi) is 5.08. The summed E-state index contributed by atoms with van der Waals surface area (Å²) in [6.07, 6.45) is 2.34. The Balaban J connectivity index is 2.76. The summed E-state index contributed by atoms with van der Waals surface area (Å²) in [6.45, 7) is 1.65. The third-order valence-electron chi connectivity index (χ3n) is 2.53. The second-order valence-corrected chi connectivity index (χ2v) is 6.67. The highest BCUT2D eigenvalue weighted by Gasteiger charge is 2.11. The molecule has 5 heteroatoms. The van der Waals surface area contributed by atoms with E-state index < -0.39 is 9.84 Å². The lowest BCUT2D eigenvalue weighted by Gasteiger charge is -2.05. The molecule has 0 aromatic heterocycles. The summed E-state index contributed by atoms with van der Waals surface area (Å²) in [5.74, 6) is 0.128. The van der Waals surface area contributed by atoms with Gasteiger partial charge in [-0.3, -0.25) is 0 Å². The molecule has 1 rings (SSSR count). The Bertz CT molecular complexity index is 495. The fourth-order valence-electron chi connectivity index (χ4n) is 1.53. The normalized spacial score (nSPS) is 11.4. The van der Waals surface area contributed by atoms with Crippen LogP contribution in [0.2, 0.25) is 0 Å². The van der Waals surface area contributed by atoms with E-state index in [0.29, 0.717) is 16.3 Å². The van der Waals surface area contributed by atoms with Crippen LogP contribution in [0.1, 0.15) is 25.3 Å². The molecule has 0 spiro atoms. The predicted octanol–water partition coefficient (Wildman–Crippen LogP) is 2.09. The van der Waals surface area contributed by atoms with Gasteiger partial charge < -0.3 is 5.73 Å². The number of aryl methyl sites for hydroxylation is 1. The van der Waals surface area contributed by atoms with Crippen molar-refractivity contribution in [2.24, 2.45) is 5.73 Å². The van der Waals surface area contributed by atoms with Gasteiger partial charge in [0.05, 0.1) is 15.6 Å². The molecule has 0 heterocycles. The van der Waals surface area contributed by atoms with Gasteiger partial charge in [-0.25, -0.2) is 8.42 Å². The van der Waals surface area contributed by atoms with Crippen LogP contribution in [-0.4, -0.2) is 19.2 Å². The van der Waals surface area contributed by atoms with E-state index in [4.69, 9.17) is 18.0 Å². The molecule has 1 aromatic rings. The lowest BCUT2D eigenvalue weighted by atomic mass is 10.1. The molecule has 0 fully saturated rings. The average Bonchev–Trinajstić information content (AvgIpc) is 2.29. The van der Waals surface area contributed by atoms with Crippen LogP contribution < -0.4 is 5.73 Å². The van der Waals surface area contributed by atoms with E-state index in [1.165, 1.54) is 0 Å². The molecule has 0 unspecified atom stereocenters.